The van der Waals surface area contributed by atoms with Crippen molar-refractivity contribution in [2.24, 2.45) is 0 Å². The molecule has 0 saturated carbocycles. The van der Waals surface area contributed by atoms with Crippen molar-refractivity contribution in [3.8, 4) is 0 Å². The summed E-state index contributed by atoms with van der Waals surface area (Å²) in [4.78, 5) is 15.1. The monoisotopic (exact) mass is 386 g/mol. The van der Waals surface area contributed by atoms with Crippen LogP contribution in [-0.4, -0.2) is 29.1 Å². The first-order valence-electron chi connectivity index (χ1n) is 10.4. The van der Waals surface area contributed by atoms with Gasteiger partial charge in [0.2, 0.25) is 0 Å². The maximum absolute atomic E-state index is 12.5. The average Bonchev–Trinajstić information content (AvgIpc) is 3.17. The Morgan fingerprint density at radius 3 is 2.48 bits per heavy atom. The molecular weight excluding hydrogens is 360 g/mol. The van der Waals surface area contributed by atoms with E-state index in [0.717, 1.165) is 37.9 Å². The summed E-state index contributed by atoms with van der Waals surface area (Å²) in [5, 5.41) is 0. The van der Waals surface area contributed by atoms with E-state index in [0.29, 0.717) is 6.04 Å². The van der Waals surface area contributed by atoms with E-state index >= 15 is 0 Å². The van der Waals surface area contributed by atoms with E-state index in [1.165, 1.54) is 29.5 Å². The molecule has 1 aliphatic heterocycles. The lowest BCUT2D eigenvalue weighted by Gasteiger charge is -2.43. The van der Waals surface area contributed by atoms with Gasteiger partial charge in [0.05, 0.1) is 24.8 Å². The van der Waals surface area contributed by atoms with Crippen molar-refractivity contribution in [3.05, 3.63) is 94.8 Å². The molecule has 2 unspecified atom stereocenters. The second kappa shape index (κ2) is 7.53. The van der Waals surface area contributed by atoms with Crippen LogP contribution in [0.1, 0.15) is 57.7 Å². The summed E-state index contributed by atoms with van der Waals surface area (Å²) in [6.45, 7) is 1.86. The summed E-state index contributed by atoms with van der Waals surface area (Å²) in [7, 11) is 1.47. The summed E-state index contributed by atoms with van der Waals surface area (Å²) in [5.74, 6) is -0.219. The summed E-state index contributed by atoms with van der Waals surface area (Å²) in [6.07, 6.45) is 5.23. The molecule has 0 amide bonds. The number of carbonyl (C=O) groups is 1. The fraction of sp³-hybridized carbons (Fsp3) is 0.320. The molecule has 148 valence electrons. The highest BCUT2D eigenvalue weighted by atomic mass is 16.5. The zero-order valence-corrected chi connectivity index (χ0v) is 16.8. The molecule has 0 bridgehead atoms. The first-order chi connectivity index (χ1) is 14.3. The van der Waals surface area contributed by atoms with Gasteiger partial charge >= 0.3 is 5.97 Å². The van der Waals surface area contributed by atoms with Crippen molar-refractivity contribution in [1.82, 2.24) is 9.47 Å². The van der Waals surface area contributed by atoms with Crippen molar-refractivity contribution >= 4 is 5.97 Å². The maximum Gasteiger partial charge on any atom is 0.339 e. The van der Waals surface area contributed by atoms with Gasteiger partial charge < -0.3 is 9.30 Å². The molecule has 1 aliphatic carbocycles. The lowest BCUT2D eigenvalue weighted by molar-refractivity contribution is 0.0599. The molecule has 2 aliphatic rings. The van der Waals surface area contributed by atoms with Gasteiger partial charge in [-0.15, -0.1) is 0 Å². The molecular formula is C25H26N2O2. The number of methoxy groups -OCH3 is 1. The van der Waals surface area contributed by atoms with E-state index in [2.05, 4.69) is 70.1 Å². The standard InChI is InChI=1S/C25H26N2O2/c1-29-25(28)21-16-27-23(19-11-6-3-7-12-19)17-26(15-18-9-4-2-5-10-18)22-14-8-13-20(21)24(22)27/h2-7,9-12,16,22-23H,8,13-15,17H2,1H3. The van der Waals surface area contributed by atoms with Crippen LogP contribution < -0.4 is 0 Å². The Morgan fingerprint density at radius 1 is 1.03 bits per heavy atom. The minimum absolute atomic E-state index is 0.196. The molecule has 0 saturated heterocycles. The number of esters is 1. The third kappa shape index (κ3) is 3.18. The second-order valence-electron chi connectivity index (χ2n) is 8.05. The highest BCUT2D eigenvalue weighted by molar-refractivity contribution is 5.91. The number of benzene rings is 2. The third-order valence-electron chi connectivity index (χ3n) is 6.40. The van der Waals surface area contributed by atoms with Gasteiger partial charge in [-0.2, -0.15) is 0 Å². The van der Waals surface area contributed by atoms with E-state index < -0.39 is 0 Å². The summed E-state index contributed by atoms with van der Waals surface area (Å²) < 4.78 is 7.48. The molecule has 0 spiro atoms. The Hall–Kier alpha value is -2.85. The smallest absolute Gasteiger partial charge is 0.339 e. The molecule has 0 radical (unpaired) electrons. The highest BCUT2D eigenvalue weighted by Gasteiger charge is 2.39. The Bertz CT molecular complexity index is 1010. The minimum Gasteiger partial charge on any atom is -0.465 e. The van der Waals surface area contributed by atoms with Gasteiger partial charge in [-0.3, -0.25) is 4.90 Å². The number of rotatable bonds is 4. The normalized spacial score (nSPS) is 20.9. The van der Waals surface area contributed by atoms with Crippen LogP contribution in [0.15, 0.2) is 66.9 Å². The Morgan fingerprint density at radius 2 is 1.76 bits per heavy atom. The first kappa shape index (κ1) is 18.2. The zero-order valence-electron chi connectivity index (χ0n) is 16.8. The zero-order chi connectivity index (χ0) is 19.8. The van der Waals surface area contributed by atoms with Crippen molar-refractivity contribution in [2.45, 2.75) is 37.9 Å². The molecule has 2 aromatic carbocycles. The predicted octanol–water partition coefficient (Wildman–Crippen LogP) is 4.76. The Balaban J connectivity index is 1.62. The molecule has 2 heterocycles. The molecule has 2 atom stereocenters. The summed E-state index contributed by atoms with van der Waals surface area (Å²) in [6, 6.07) is 21.9. The molecule has 4 nitrogen and oxygen atoms in total. The van der Waals surface area contributed by atoms with Crippen LogP contribution in [0.3, 0.4) is 0 Å². The van der Waals surface area contributed by atoms with Crippen molar-refractivity contribution in [1.29, 1.82) is 0 Å². The van der Waals surface area contributed by atoms with Gasteiger partial charge in [-0.05, 0) is 36.0 Å². The van der Waals surface area contributed by atoms with Gasteiger partial charge in [-0.25, -0.2) is 4.79 Å². The number of carbonyl (C=O) groups excluding carboxylic acids is 1. The highest BCUT2D eigenvalue weighted by Crippen LogP contribution is 2.44. The predicted molar refractivity (Wildman–Crippen MR) is 113 cm³/mol. The summed E-state index contributed by atoms with van der Waals surface area (Å²) in [5.41, 5.74) is 5.86. The minimum atomic E-state index is -0.219. The van der Waals surface area contributed by atoms with Crippen LogP contribution >= 0.6 is 0 Å². The van der Waals surface area contributed by atoms with Gasteiger partial charge in [0.15, 0.2) is 0 Å². The molecule has 0 N–H and O–H groups in total. The van der Waals surface area contributed by atoms with Crippen molar-refractivity contribution in [2.75, 3.05) is 13.7 Å². The molecule has 5 rings (SSSR count). The first-order valence-corrected chi connectivity index (χ1v) is 10.4. The maximum atomic E-state index is 12.5. The largest absolute Gasteiger partial charge is 0.465 e. The SMILES string of the molecule is COC(=O)c1cn2c3c1CCCC3N(Cc1ccccc1)CC2c1ccccc1. The van der Waals surface area contributed by atoms with E-state index in [1.807, 2.05) is 6.20 Å². The number of nitrogens with zero attached hydrogens (tertiary/aromatic N) is 2. The fourth-order valence-corrected chi connectivity index (χ4v) is 5.10. The second-order valence-corrected chi connectivity index (χ2v) is 8.05. The lowest BCUT2D eigenvalue weighted by atomic mass is 9.87. The molecule has 3 aromatic rings. The van der Waals surface area contributed by atoms with E-state index in [9.17, 15) is 4.79 Å². The van der Waals surface area contributed by atoms with Crippen molar-refractivity contribution < 1.29 is 9.53 Å². The number of aromatic nitrogens is 1. The number of hydrogen-bond acceptors (Lipinski definition) is 3. The Labute approximate surface area is 171 Å². The molecule has 0 fully saturated rings. The van der Waals surface area contributed by atoms with E-state index in [1.54, 1.807) is 0 Å². The lowest BCUT2D eigenvalue weighted by Crippen LogP contribution is -2.42. The van der Waals surface area contributed by atoms with Gasteiger partial charge in [0, 0.05) is 25.0 Å². The quantitative estimate of drug-likeness (QED) is 0.607. The number of hydrogen-bond donors (Lipinski definition) is 0. The van der Waals surface area contributed by atoms with Gasteiger partial charge in [0.1, 0.15) is 0 Å². The average molecular weight is 386 g/mol. The van der Waals surface area contributed by atoms with E-state index in [4.69, 9.17) is 4.74 Å². The van der Waals surface area contributed by atoms with Gasteiger partial charge in [-0.1, -0.05) is 60.7 Å². The van der Waals surface area contributed by atoms with Crippen LogP contribution in [-0.2, 0) is 17.7 Å². The Kier molecular flexibility index (Phi) is 4.72. The van der Waals surface area contributed by atoms with Crippen LogP contribution in [0.2, 0.25) is 0 Å². The van der Waals surface area contributed by atoms with Gasteiger partial charge in [0.25, 0.3) is 0 Å². The van der Waals surface area contributed by atoms with Crippen LogP contribution in [0.4, 0.5) is 0 Å². The molecule has 29 heavy (non-hydrogen) atoms. The topological polar surface area (TPSA) is 34.5 Å². The summed E-state index contributed by atoms with van der Waals surface area (Å²) >= 11 is 0. The van der Waals surface area contributed by atoms with Crippen LogP contribution in [0.5, 0.6) is 0 Å². The van der Waals surface area contributed by atoms with E-state index in [-0.39, 0.29) is 12.0 Å². The third-order valence-corrected chi connectivity index (χ3v) is 6.40. The van der Waals surface area contributed by atoms with Crippen LogP contribution in [0.25, 0.3) is 0 Å². The fourth-order valence-electron chi connectivity index (χ4n) is 5.10. The number of ether oxygens (including phenoxy) is 1. The molecule has 4 heteroatoms. The molecule has 1 aromatic heterocycles. The van der Waals surface area contributed by atoms with Crippen molar-refractivity contribution in [3.63, 3.8) is 0 Å². The van der Waals surface area contributed by atoms with Crippen LogP contribution in [0, 0.1) is 0 Å².